The summed E-state index contributed by atoms with van der Waals surface area (Å²) in [5.74, 6) is 0. The lowest BCUT2D eigenvalue weighted by Gasteiger charge is -2.26. The molecule has 3 unspecified atom stereocenters. The minimum absolute atomic E-state index is 0.227. The number of alkyl halides is 1. The second kappa shape index (κ2) is 3.30. The third-order valence-corrected chi connectivity index (χ3v) is 3.20. The van der Waals surface area contributed by atoms with Crippen LogP contribution in [0.1, 0.15) is 25.7 Å². The maximum absolute atomic E-state index is 13.3. The standard InChI is InChI=1S/C9H17FN2/c10-7-3-1-5-12-6-2-4-8(12)9(7)11/h7-9H,1-6,11H2. The first kappa shape index (κ1) is 8.45. The van der Waals surface area contributed by atoms with Crippen LogP contribution in [-0.4, -0.2) is 36.2 Å². The van der Waals surface area contributed by atoms with Crippen LogP contribution < -0.4 is 5.73 Å². The van der Waals surface area contributed by atoms with Crippen molar-refractivity contribution in [2.75, 3.05) is 13.1 Å². The van der Waals surface area contributed by atoms with Crippen molar-refractivity contribution in [3.63, 3.8) is 0 Å². The molecule has 0 bridgehead atoms. The van der Waals surface area contributed by atoms with E-state index in [9.17, 15) is 4.39 Å². The first-order chi connectivity index (χ1) is 5.79. The first-order valence-electron chi connectivity index (χ1n) is 4.93. The topological polar surface area (TPSA) is 29.3 Å². The number of halogens is 1. The van der Waals surface area contributed by atoms with E-state index in [2.05, 4.69) is 4.90 Å². The predicted octanol–water partition coefficient (Wildman–Crippen LogP) is 0.910. The molecule has 0 amide bonds. The van der Waals surface area contributed by atoms with Crippen LogP contribution in [0.25, 0.3) is 0 Å². The Hall–Kier alpha value is -0.150. The van der Waals surface area contributed by atoms with Crippen molar-refractivity contribution in [1.29, 1.82) is 0 Å². The first-order valence-corrected chi connectivity index (χ1v) is 4.93. The lowest BCUT2D eigenvalue weighted by molar-refractivity contribution is 0.195. The van der Waals surface area contributed by atoms with Gasteiger partial charge in [-0.05, 0) is 38.8 Å². The van der Waals surface area contributed by atoms with Gasteiger partial charge >= 0.3 is 0 Å². The van der Waals surface area contributed by atoms with E-state index in [1.807, 2.05) is 0 Å². The Balaban J connectivity index is 2.08. The number of nitrogens with two attached hydrogens (primary N) is 1. The molecular formula is C9H17FN2. The van der Waals surface area contributed by atoms with Crippen LogP contribution in [0.5, 0.6) is 0 Å². The fraction of sp³-hybridized carbons (Fsp3) is 1.00. The Morgan fingerprint density at radius 3 is 2.58 bits per heavy atom. The van der Waals surface area contributed by atoms with E-state index in [0.717, 1.165) is 25.9 Å². The summed E-state index contributed by atoms with van der Waals surface area (Å²) in [6.07, 6.45) is 3.17. The summed E-state index contributed by atoms with van der Waals surface area (Å²) < 4.78 is 13.3. The summed E-state index contributed by atoms with van der Waals surface area (Å²) in [7, 11) is 0. The summed E-state index contributed by atoms with van der Waals surface area (Å²) in [6.45, 7) is 2.18. The summed E-state index contributed by atoms with van der Waals surface area (Å²) in [5.41, 5.74) is 5.85. The highest BCUT2D eigenvalue weighted by atomic mass is 19.1. The molecule has 3 atom stereocenters. The second-order valence-corrected chi connectivity index (χ2v) is 3.98. The zero-order chi connectivity index (χ0) is 8.55. The molecule has 2 rings (SSSR count). The highest BCUT2D eigenvalue weighted by Crippen LogP contribution is 2.26. The summed E-state index contributed by atoms with van der Waals surface area (Å²) in [5, 5.41) is 0. The van der Waals surface area contributed by atoms with Crippen molar-refractivity contribution in [2.45, 2.75) is 43.9 Å². The molecular weight excluding hydrogens is 155 g/mol. The van der Waals surface area contributed by atoms with E-state index in [-0.39, 0.29) is 6.04 Å². The van der Waals surface area contributed by atoms with E-state index >= 15 is 0 Å². The Morgan fingerprint density at radius 2 is 1.83 bits per heavy atom. The molecule has 0 aromatic rings. The van der Waals surface area contributed by atoms with Crippen LogP contribution in [0.2, 0.25) is 0 Å². The van der Waals surface area contributed by atoms with Crippen molar-refractivity contribution in [1.82, 2.24) is 4.90 Å². The van der Waals surface area contributed by atoms with Gasteiger partial charge in [-0.1, -0.05) is 0 Å². The molecule has 12 heavy (non-hydrogen) atoms. The highest BCUT2D eigenvalue weighted by Gasteiger charge is 2.36. The molecule has 0 aromatic carbocycles. The number of hydrogen-bond donors (Lipinski definition) is 1. The summed E-state index contributed by atoms with van der Waals surface area (Å²) in [6, 6.07) is 0.109. The third kappa shape index (κ3) is 1.36. The van der Waals surface area contributed by atoms with Crippen molar-refractivity contribution >= 4 is 0 Å². The van der Waals surface area contributed by atoms with Crippen LogP contribution in [0.4, 0.5) is 4.39 Å². The van der Waals surface area contributed by atoms with E-state index in [1.54, 1.807) is 0 Å². The highest BCUT2D eigenvalue weighted by molar-refractivity contribution is 4.93. The van der Waals surface area contributed by atoms with Gasteiger partial charge in [0.05, 0.1) is 6.04 Å². The molecule has 2 nitrogen and oxygen atoms in total. The fourth-order valence-electron chi connectivity index (χ4n) is 2.49. The van der Waals surface area contributed by atoms with Crippen molar-refractivity contribution in [3.05, 3.63) is 0 Å². The van der Waals surface area contributed by atoms with Gasteiger partial charge in [-0.25, -0.2) is 4.39 Å². The Kier molecular flexibility index (Phi) is 2.33. The van der Waals surface area contributed by atoms with Gasteiger partial charge in [0.25, 0.3) is 0 Å². The van der Waals surface area contributed by atoms with E-state index in [4.69, 9.17) is 5.73 Å². The molecule has 0 radical (unpaired) electrons. The fourth-order valence-corrected chi connectivity index (χ4v) is 2.49. The molecule has 0 spiro atoms. The molecule has 2 saturated heterocycles. The molecule has 70 valence electrons. The van der Waals surface area contributed by atoms with Gasteiger partial charge in [0.15, 0.2) is 0 Å². The Morgan fingerprint density at radius 1 is 1.17 bits per heavy atom. The second-order valence-electron chi connectivity index (χ2n) is 3.98. The van der Waals surface area contributed by atoms with Gasteiger partial charge in [-0.15, -0.1) is 0 Å². The van der Waals surface area contributed by atoms with Crippen molar-refractivity contribution in [3.8, 4) is 0 Å². The summed E-state index contributed by atoms with van der Waals surface area (Å²) >= 11 is 0. The van der Waals surface area contributed by atoms with Crippen LogP contribution in [0.15, 0.2) is 0 Å². The van der Waals surface area contributed by atoms with E-state index in [1.165, 1.54) is 6.42 Å². The van der Waals surface area contributed by atoms with Crippen LogP contribution in [-0.2, 0) is 0 Å². The van der Waals surface area contributed by atoms with Gasteiger partial charge in [0.2, 0.25) is 0 Å². The van der Waals surface area contributed by atoms with Crippen LogP contribution in [0.3, 0.4) is 0 Å². The average Bonchev–Trinajstić information content (AvgIpc) is 2.46. The minimum Gasteiger partial charge on any atom is -0.324 e. The predicted molar refractivity (Wildman–Crippen MR) is 46.7 cm³/mol. The number of hydrogen-bond acceptors (Lipinski definition) is 2. The maximum atomic E-state index is 13.3. The lowest BCUT2D eigenvalue weighted by atomic mass is 10.0. The van der Waals surface area contributed by atoms with Crippen molar-refractivity contribution in [2.24, 2.45) is 5.73 Å². The quantitative estimate of drug-likeness (QED) is 0.588. The molecule has 2 fully saturated rings. The van der Waals surface area contributed by atoms with Crippen molar-refractivity contribution < 1.29 is 4.39 Å². The third-order valence-electron chi connectivity index (χ3n) is 3.20. The van der Waals surface area contributed by atoms with Crippen LogP contribution in [0, 0.1) is 0 Å². The van der Waals surface area contributed by atoms with Gasteiger partial charge in [0, 0.05) is 6.04 Å². The Bertz CT molecular complexity index is 163. The van der Waals surface area contributed by atoms with Crippen LogP contribution >= 0.6 is 0 Å². The molecule has 2 heterocycles. The van der Waals surface area contributed by atoms with Gasteiger partial charge in [0.1, 0.15) is 6.17 Å². The molecule has 0 aromatic heterocycles. The number of nitrogens with zero attached hydrogens (tertiary/aromatic N) is 1. The van der Waals surface area contributed by atoms with Gasteiger partial charge in [-0.3, -0.25) is 4.90 Å². The largest absolute Gasteiger partial charge is 0.324 e. The molecule has 3 heteroatoms. The molecule has 0 saturated carbocycles. The van der Waals surface area contributed by atoms with Gasteiger partial charge < -0.3 is 5.73 Å². The Labute approximate surface area is 72.9 Å². The van der Waals surface area contributed by atoms with E-state index in [0.29, 0.717) is 12.5 Å². The normalized spacial score (nSPS) is 44.0. The minimum atomic E-state index is -0.766. The average molecular weight is 172 g/mol. The molecule has 2 aliphatic rings. The van der Waals surface area contributed by atoms with E-state index < -0.39 is 6.17 Å². The molecule has 2 N–H and O–H groups in total. The van der Waals surface area contributed by atoms with Gasteiger partial charge in [-0.2, -0.15) is 0 Å². The zero-order valence-electron chi connectivity index (χ0n) is 7.38. The SMILES string of the molecule is NC1C(F)CCCN2CCCC12. The summed E-state index contributed by atoms with van der Waals surface area (Å²) in [4.78, 5) is 2.37. The smallest absolute Gasteiger partial charge is 0.117 e. The monoisotopic (exact) mass is 172 g/mol. The maximum Gasteiger partial charge on any atom is 0.117 e. The number of fused-ring (bicyclic) bond motifs is 1. The molecule has 0 aliphatic carbocycles. The zero-order valence-corrected chi connectivity index (χ0v) is 7.38. The molecule has 2 aliphatic heterocycles. The number of rotatable bonds is 0. The lowest BCUT2D eigenvalue weighted by Crippen LogP contribution is -2.47.